The van der Waals surface area contributed by atoms with E-state index in [1.807, 2.05) is 30.3 Å². The number of para-hydroxylation sites is 1. The number of hydrogen-bond donors (Lipinski definition) is 3. The van der Waals surface area contributed by atoms with Gasteiger partial charge in [-0.05, 0) is 24.5 Å². The minimum absolute atomic E-state index is 0.0465. The molecule has 0 fully saturated rings. The van der Waals surface area contributed by atoms with Gasteiger partial charge in [-0.3, -0.25) is 0 Å². The molecule has 0 aliphatic rings. The number of aliphatic hydroxyl groups excluding tert-OH is 1. The van der Waals surface area contributed by atoms with Crippen LogP contribution < -0.4 is 10.6 Å². The quantitative estimate of drug-likeness (QED) is 0.736. The zero-order chi connectivity index (χ0) is 15.9. The third kappa shape index (κ3) is 4.77. The highest BCUT2D eigenvalue weighted by molar-refractivity contribution is 5.77. The average Bonchev–Trinajstić information content (AvgIpc) is 2.88. The third-order valence-electron chi connectivity index (χ3n) is 3.45. The second-order valence-electron chi connectivity index (χ2n) is 5.91. The van der Waals surface area contributed by atoms with E-state index in [2.05, 4.69) is 24.5 Å². The van der Waals surface area contributed by atoms with Crippen LogP contribution in [-0.2, 0) is 6.42 Å². The summed E-state index contributed by atoms with van der Waals surface area (Å²) in [4.78, 5) is 11.8. The van der Waals surface area contributed by atoms with Crippen LogP contribution in [0.2, 0.25) is 0 Å². The number of carbonyl (C=O) groups is 1. The lowest BCUT2D eigenvalue weighted by Gasteiger charge is -2.18. The molecule has 0 aliphatic carbocycles. The van der Waals surface area contributed by atoms with Crippen molar-refractivity contribution in [2.24, 2.45) is 5.92 Å². The molecule has 0 bridgehead atoms. The van der Waals surface area contributed by atoms with Crippen molar-refractivity contribution in [2.45, 2.75) is 32.7 Å². The molecule has 1 aromatic carbocycles. The fraction of sp³-hybridized carbons (Fsp3) is 0.471. The molecule has 2 amide bonds. The van der Waals surface area contributed by atoms with Crippen molar-refractivity contribution in [1.29, 1.82) is 0 Å². The van der Waals surface area contributed by atoms with Gasteiger partial charge < -0.3 is 20.2 Å². The summed E-state index contributed by atoms with van der Waals surface area (Å²) in [7, 11) is 0. The second kappa shape index (κ2) is 7.84. The predicted octanol–water partition coefficient (Wildman–Crippen LogP) is 2.68. The standard InChI is InChI=1S/C17H24N2O3/c1-12(2)9-14(11-20)19-17(21)18-8-7-15-10-13-5-3-4-6-16(13)22-15/h3-6,10,12,14,20H,7-9,11H2,1-2H3,(H2,18,19,21). The van der Waals surface area contributed by atoms with E-state index in [0.29, 0.717) is 18.9 Å². The van der Waals surface area contributed by atoms with Crippen molar-refractivity contribution in [3.8, 4) is 0 Å². The van der Waals surface area contributed by atoms with Gasteiger partial charge in [0, 0.05) is 18.4 Å². The first-order valence-corrected chi connectivity index (χ1v) is 7.71. The molecule has 22 heavy (non-hydrogen) atoms. The van der Waals surface area contributed by atoms with E-state index in [1.165, 1.54) is 0 Å². The summed E-state index contributed by atoms with van der Waals surface area (Å²) in [6.07, 6.45) is 1.39. The Labute approximate surface area is 130 Å². The molecule has 0 saturated carbocycles. The number of hydrogen-bond acceptors (Lipinski definition) is 3. The van der Waals surface area contributed by atoms with E-state index >= 15 is 0 Å². The van der Waals surface area contributed by atoms with Crippen LogP contribution in [0.15, 0.2) is 34.7 Å². The molecule has 2 aromatic rings. The van der Waals surface area contributed by atoms with Gasteiger partial charge >= 0.3 is 6.03 Å². The maximum absolute atomic E-state index is 11.8. The molecule has 0 radical (unpaired) electrons. The zero-order valence-electron chi connectivity index (χ0n) is 13.1. The molecule has 0 saturated heterocycles. The Morgan fingerprint density at radius 3 is 2.77 bits per heavy atom. The van der Waals surface area contributed by atoms with Crippen LogP contribution >= 0.6 is 0 Å². The van der Waals surface area contributed by atoms with Crippen molar-refractivity contribution in [3.05, 3.63) is 36.1 Å². The minimum Gasteiger partial charge on any atom is -0.461 e. The lowest BCUT2D eigenvalue weighted by atomic mass is 10.0. The van der Waals surface area contributed by atoms with Crippen LogP contribution in [0.4, 0.5) is 4.79 Å². The number of rotatable bonds is 7. The van der Waals surface area contributed by atoms with E-state index in [0.717, 1.165) is 23.2 Å². The summed E-state index contributed by atoms with van der Waals surface area (Å²) in [6.45, 7) is 4.56. The molecule has 5 heteroatoms. The molecule has 3 N–H and O–H groups in total. The van der Waals surface area contributed by atoms with E-state index < -0.39 is 0 Å². The first-order valence-electron chi connectivity index (χ1n) is 7.71. The summed E-state index contributed by atoms with van der Waals surface area (Å²) in [5, 5.41) is 15.9. The maximum Gasteiger partial charge on any atom is 0.315 e. The summed E-state index contributed by atoms with van der Waals surface area (Å²) in [5.74, 6) is 1.27. The summed E-state index contributed by atoms with van der Waals surface area (Å²) < 4.78 is 5.69. The van der Waals surface area contributed by atoms with E-state index in [4.69, 9.17) is 4.42 Å². The van der Waals surface area contributed by atoms with Crippen LogP contribution in [0.25, 0.3) is 11.0 Å². The van der Waals surface area contributed by atoms with Crippen molar-refractivity contribution >= 4 is 17.0 Å². The topological polar surface area (TPSA) is 74.5 Å². The Bertz CT molecular complexity index is 574. The predicted molar refractivity (Wildman–Crippen MR) is 86.8 cm³/mol. The van der Waals surface area contributed by atoms with Gasteiger partial charge in [0.15, 0.2) is 0 Å². The van der Waals surface area contributed by atoms with Gasteiger partial charge in [-0.15, -0.1) is 0 Å². The maximum atomic E-state index is 11.8. The molecule has 0 spiro atoms. The van der Waals surface area contributed by atoms with Gasteiger partial charge in [-0.25, -0.2) is 4.79 Å². The van der Waals surface area contributed by atoms with Crippen LogP contribution in [0.3, 0.4) is 0 Å². The second-order valence-corrected chi connectivity index (χ2v) is 5.91. The normalized spacial score (nSPS) is 12.5. The first-order chi connectivity index (χ1) is 10.6. The molecule has 1 aromatic heterocycles. The molecule has 2 rings (SSSR count). The summed E-state index contributed by atoms with van der Waals surface area (Å²) in [6, 6.07) is 9.37. The van der Waals surface area contributed by atoms with Gasteiger partial charge in [-0.1, -0.05) is 32.0 Å². The summed E-state index contributed by atoms with van der Waals surface area (Å²) >= 11 is 0. The van der Waals surface area contributed by atoms with Gasteiger partial charge in [0.25, 0.3) is 0 Å². The number of aliphatic hydroxyl groups is 1. The Hall–Kier alpha value is -2.01. The van der Waals surface area contributed by atoms with Gasteiger partial charge in [0.05, 0.1) is 12.6 Å². The average molecular weight is 304 g/mol. The highest BCUT2D eigenvalue weighted by atomic mass is 16.3. The number of amides is 2. The highest BCUT2D eigenvalue weighted by Gasteiger charge is 2.12. The van der Waals surface area contributed by atoms with Crippen molar-refractivity contribution in [2.75, 3.05) is 13.2 Å². The fourth-order valence-electron chi connectivity index (χ4n) is 2.44. The smallest absolute Gasteiger partial charge is 0.315 e. The first kappa shape index (κ1) is 16.4. The SMILES string of the molecule is CC(C)CC(CO)NC(=O)NCCc1cc2ccccc2o1. The van der Waals surface area contributed by atoms with Crippen LogP contribution in [0.1, 0.15) is 26.0 Å². The Balaban J connectivity index is 1.76. The van der Waals surface area contributed by atoms with Gasteiger partial charge in [0.1, 0.15) is 11.3 Å². The van der Waals surface area contributed by atoms with Gasteiger partial charge in [0.2, 0.25) is 0 Å². The van der Waals surface area contributed by atoms with E-state index in [-0.39, 0.29) is 18.7 Å². The Kier molecular flexibility index (Phi) is 5.83. The molecule has 1 unspecified atom stereocenters. The Morgan fingerprint density at radius 2 is 2.09 bits per heavy atom. The molecule has 120 valence electrons. The molecule has 5 nitrogen and oxygen atoms in total. The monoisotopic (exact) mass is 304 g/mol. The van der Waals surface area contributed by atoms with E-state index in [9.17, 15) is 9.90 Å². The minimum atomic E-state index is -0.254. The molecule has 1 atom stereocenters. The van der Waals surface area contributed by atoms with Crippen LogP contribution in [-0.4, -0.2) is 30.3 Å². The summed E-state index contributed by atoms with van der Waals surface area (Å²) in [5.41, 5.74) is 0.860. The zero-order valence-corrected chi connectivity index (χ0v) is 13.1. The molecule has 0 aliphatic heterocycles. The Morgan fingerprint density at radius 1 is 1.32 bits per heavy atom. The largest absolute Gasteiger partial charge is 0.461 e. The fourth-order valence-corrected chi connectivity index (χ4v) is 2.44. The van der Waals surface area contributed by atoms with Crippen molar-refractivity contribution < 1.29 is 14.3 Å². The number of fused-ring (bicyclic) bond motifs is 1. The number of furan rings is 1. The van der Waals surface area contributed by atoms with Crippen molar-refractivity contribution in [3.63, 3.8) is 0 Å². The van der Waals surface area contributed by atoms with Crippen LogP contribution in [0, 0.1) is 5.92 Å². The third-order valence-corrected chi connectivity index (χ3v) is 3.45. The molecular formula is C17H24N2O3. The van der Waals surface area contributed by atoms with Crippen molar-refractivity contribution in [1.82, 2.24) is 10.6 Å². The lowest BCUT2D eigenvalue weighted by molar-refractivity contribution is 0.207. The molecule has 1 heterocycles. The number of benzene rings is 1. The van der Waals surface area contributed by atoms with Crippen LogP contribution in [0.5, 0.6) is 0 Å². The van der Waals surface area contributed by atoms with E-state index in [1.54, 1.807) is 0 Å². The molecular weight excluding hydrogens is 280 g/mol. The van der Waals surface area contributed by atoms with Gasteiger partial charge in [-0.2, -0.15) is 0 Å². The highest BCUT2D eigenvalue weighted by Crippen LogP contribution is 2.18. The number of nitrogens with one attached hydrogen (secondary N) is 2. The number of carbonyl (C=O) groups excluding carboxylic acids is 1. The lowest BCUT2D eigenvalue weighted by Crippen LogP contribution is -2.44. The number of urea groups is 1.